The van der Waals surface area contributed by atoms with E-state index in [0.717, 1.165) is 39.3 Å². The third-order valence-electron chi connectivity index (χ3n) is 6.40. The van der Waals surface area contributed by atoms with Crippen molar-refractivity contribution in [2.45, 2.75) is 0 Å². The number of oxazole rings is 1. The van der Waals surface area contributed by atoms with E-state index in [1.807, 2.05) is 77.7 Å². The lowest BCUT2D eigenvalue weighted by molar-refractivity contribution is 0.620. The number of hydrogen-bond donors (Lipinski definition) is 0. The highest BCUT2D eigenvalue weighted by molar-refractivity contribution is 5.81. The fourth-order valence-corrected chi connectivity index (χ4v) is 4.45. The van der Waals surface area contributed by atoms with Crippen LogP contribution in [0.2, 0.25) is 0 Å². The van der Waals surface area contributed by atoms with Crippen molar-refractivity contribution in [1.29, 1.82) is 10.5 Å². The molecule has 0 aliphatic carbocycles. The summed E-state index contributed by atoms with van der Waals surface area (Å²) in [7, 11) is 0. The number of benzene rings is 4. The van der Waals surface area contributed by atoms with Gasteiger partial charge in [0.15, 0.2) is 11.3 Å². The lowest BCUT2D eigenvalue weighted by Crippen LogP contribution is -2.10. The molecule has 0 saturated heterocycles. The number of nitriles is 2. The first-order valence-electron chi connectivity index (χ1n) is 12.3. The summed E-state index contributed by atoms with van der Waals surface area (Å²) in [5.41, 5.74) is 7.53. The zero-order chi connectivity index (χ0) is 27.5. The highest BCUT2D eigenvalue weighted by Gasteiger charge is 2.16. The topological polar surface area (TPSA) is 94.1 Å². The van der Waals surface area contributed by atoms with Gasteiger partial charge in [-0.05, 0) is 78.9 Å². The van der Waals surface area contributed by atoms with E-state index in [9.17, 15) is 5.26 Å². The minimum absolute atomic E-state index is 0.365. The largest absolute Gasteiger partial charge is 0.436 e. The molecule has 7 nitrogen and oxygen atoms in total. The molecule has 0 atom stereocenters. The van der Waals surface area contributed by atoms with Gasteiger partial charge < -0.3 is 9.32 Å². The number of fused-ring (bicyclic) bond motifs is 1. The Morgan fingerprint density at radius 1 is 0.725 bits per heavy atom. The van der Waals surface area contributed by atoms with Crippen LogP contribution in [0.3, 0.4) is 0 Å². The number of para-hydroxylation sites is 2. The minimum Gasteiger partial charge on any atom is -0.436 e. The molecule has 2 aromatic heterocycles. The molecule has 0 aliphatic rings. The number of pyridine rings is 1. The number of aromatic nitrogens is 2. The SMILES string of the molecule is [C-]#[N+]c1cc(C#N)cc(N(c2ccc(-c3nc4ccccc4o3)cc2)c2ccc(-c3ccc(C#N)cc3)nc2)c1. The number of rotatable bonds is 5. The highest BCUT2D eigenvalue weighted by Crippen LogP contribution is 2.38. The first kappa shape index (κ1) is 24.1. The molecule has 7 heteroatoms. The first-order valence-corrected chi connectivity index (χ1v) is 12.3. The van der Waals surface area contributed by atoms with Crippen LogP contribution in [0.15, 0.2) is 114 Å². The molecule has 2 heterocycles. The lowest BCUT2D eigenvalue weighted by atomic mass is 10.1. The Hall–Kier alpha value is -6.23. The molecule has 0 saturated carbocycles. The molecule has 0 radical (unpaired) electrons. The maximum Gasteiger partial charge on any atom is 0.227 e. The fraction of sp³-hybridized carbons (Fsp3) is 0. The van der Waals surface area contributed by atoms with Gasteiger partial charge in [-0.3, -0.25) is 4.98 Å². The molecule has 6 rings (SSSR count). The van der Waals surface area contributed by atoms with Gasteiger partial charge in [-0.2, -0.15) is 10.5 Å². The Bertz CT molecular complexity index is 1910. The predicted octanol–water partition coefficient (Wildman–Crippen LogP) is 8.32. The maximum absolute atomic E-state index is 9.61. The average molecular weight is 515 g/mol. The summed E-state index contributed by atoms with van der Waals surface area (Å²) in [6.07, 6.45) is 1.75. The zero-order valence-electron chi connectivity index (χ0n) is 21.0. The Balaban J connectivity index is 1.42. The quantitative estimate of drug-likeness (QED) is 0.215. The molecule has 186 valence electrons. The van der Waals surface area contributed by atoms with Gasteiger partial charge >= 0.3 is 0 Å². The van der Waals surface area contributed by atoms with Gasteiger partial charge in [0.1, 0.15) is 5.52 Å². The van der Waals surface area contributed by atoms with Crippen molar-refractivity contribution < 1.29 is 4.42 Å². The third-order valence-corrected chi connectivity index (χ3v) is 6.40. The maximum atomic E-state index is 9.61. The van der Waals surface area contributed by atoms with E-state index >= 15 is 0 Å². The molecule has 0 spiro atoms. The zero-order valence-corrected chi connectivity index (χ0v) is 21.0. The Morgan fingerprint density at radius 2 is 1.45 bits per heavy atom. The molecule has 40 heavy (non-hydrogen) atoms. The first-order chi connectivity index (χ1) is 19.6. The normalized spacial score (nSPS) is 10.4. The van der Waals surface area contributed by atoms with Crippen molar-refractivity contribution in [3.05, 3.63) is 132 Å². The van der Waals surface area contributed by atoms with Crippen LogP contribution >= 0.6 is 0 Å². The van der Waals surface area contributed by atoms with E-state index in [-0.39, 0.29) is 0 Å². The molecule has 6 aromatic rings. The van der Waals surface area contributed by atoms with E-state index < -0.39 is 0 Å². The Morgan fingerprint density at radius 3 is 2.12 bits per heavy atom. The smallest absolute Gasteiger partial charge is 0.227 e. The van der Waals surface area contributed by atoms with Crippen molar-refractivity contribution in [3.8, 4) is 34.8 Å². The van der Waals surface area contributed by atoms with Crippen LogP contribution in [0.5, 0.6) is 0 Å². The molecule has 4 aromatic carbocycles. The van der Waals surface area contributed by atoms with Crippen molar-refractivity contribution in [1.82, 2.24) is 9.97 Å². The molecule has 0 bridgehead atoms. The summed E-state index contributed by atoms with van der Waals surface area (Å²) in [5.74, 6) is 0.523. The third kappa shape index (κ3) is 4.61. The summed E-state index contributed by atoms with van der Waals surface area (Å²) >= 11 is 0. The van der Waals surface area contributed by atoms with Crippen LogP contribution in [0.25, 0.3) is 38.7 Å². The van der Waals surface area contributed by atoms with Crippen LogP contribution in [0.4, 0.5) is 22.7 Å². The van der Waals surface area contributed by atoms with E-state index in [2.05, 4.69) is 27.0 Å². The van der Waals surface area contributed by atoms with E-state index in [1.165, 1.54) is 0 Å². The van der Waals surface area contributed by atoms with Gasteiger partial charge in [-0.15, -0.1) is 0 Å². The van der Waals surface area contributed by atoms with Crippen LogP contribution in [0, 0.1) is 29.2 Å². The summed E-state index contributed by atoms with van der Waals surface area (Å²) in [5, 5.41) is 18.7. The van der Waals surface area contributed by atoms with Crippen LogP contribution < -0.4 is 4.90 Å². The minimum atomic E-state index is 0.365. The number of nitrogens with zero attached hydrogens (tertiary/aromatic N) is 6. The van der Waals surface area contributed by atoms with Crippen molar-refractivity contribution in [3.63, 3.8) is 0 Å². The van der Waals surface area contributed by atoms with E-state index in [4.69, 9.17) is 16.3 Å². The van der Waals surface area contributed by atoms with Crippen LogP contribution in [-0.2, 0) is 0 Å². The van der Waals surface area contributed by atoms with E-state index in [0.29, 0.717) is 28.4 Å². The van der Waals surface area contributed by atoms with Gasteiger partial charge in [0, 0.05) is 28.1 Å². The summed E-state index contributed by atoms with van der Waals surface area (Å²) in [6, 6.07) is 35.8. The summed E-state index contributed by atoms with van der Waals surface area (Å²) in [4.78, 5) is 14.8. The monoisotopic (exact) mass is 514 g/mol. The van der Waals surface area contributed by atoms with Gasteiger partial charge in [0.25, 0.3) is 0 Å². The lowest BCUT2D eigenvalue weighted by Gasteiger charge is -2.26. The van der Waals surface area contributed by atoms with Crippen LogP contribution in [0.1, 0.15) is 11.1 Å². The predicted molar refractivity (Wildman–Crippen MR) is 153 cm³/mol. The highest BCUT2D eigenvalue weighted by atomic mass is 16.3. The van der Waals surface area contributed by atoms with Gasteiger partial charge in [0.05, 0.1) is 41.9 Å². The Labute approximate surface area is 230 Å². The van der Waals surface area contributed by atoms with Gasteiger partial charge in [-0.25, -0.2) is 9.83 Å². The molecule has 0 N–H and O–H groups in total. The fourth-order valence-electron chi connectivity index (χ4n) is 4.45. The van der Waals surface area contributed by atoms with E-state index in [1.54, 1.807) is 36.5 Å². The molecule has 0 amide bonds. The second-order valence-electron chi connectivity index (χ2n) is 8.92. The van der Waals surface area contributed by atoms with Crippen molar-refractivity contribution in [2.24, 2.45) is 0 Å². The average Bonchev–Trinajstić information content (AvgIpc) is 3.46. The van der Waals surface area contributed by atoms with Crippen molar-refractivity contribution >= 4 is 33.8 Å². The second-order valence-corrected chi connectivity index (χ2v) is 8.92. The standard InChI is InChI=1S/C33H18N6O/c1-36-26-16-23(20-35)17-29(18-26)39(28-14-15-30(37-21-28)24-8-6-22(19-34)7-9-24)27-12-10-25(11-13-27)33-38-31-4-2-3-5-32(31)40-33/h2-18,21H. The molecular formula is C33H18N6O. The Kier molecular flexibility index (Phi) is 6.19. The summed E-state index contributed by atoms with van der Waals surface area (Å²) < 4.78 is 5.93. The van der Waals surface area contributed by atoms with Crippen molar-refractivity contribution in [2.75, 3.05) is 4.90 Å². The molecule has 0 aliphatic heterocycles. The van der Waals surface area contributed by atoms with Crippen LogP contribution in [-0.4, -0.2) is 9.97 Å². The molecule has 0 fully saturated rings. The van der Waals surface area contributed by atoms with Gasteiger partial charge in [-0.1, -0.05) is 24.3 Å². The number of hydrogen-bond acceptors (Lipinski definition) is 6. The second kappa shape index (κ2) is 10.3. The summed E-state index contributed by atoms with van der Waals surface area (Å²) in [6.45, 7) is 7.53. The number of anilines is 3. The molecular weight excluding hydrogens is 496 g/mol. The van der Waals surface area contributed by atoms with Gasteiger partial charge in [0.2, 0.25) is 5.89 Å². The molecule has 0 unspecified atom stereocenters.